The number of carbonyl (C=O) groups is 1. The van der Waals surface area contributed by atoms with E-state index in [1.54, 1.807) is 6.20 Å². The van der Waals surface area contributed by atoms with Gasteiger partial charge in [0.1, 0.15) is 11.9 Å². The van der Waals surface area contributed by atoms with Crippen LogP contribution in [0.4, 0.5) is 0 Å². The van der Waals surface area contributed by atoms with Crippen molar-refractivity contribution in [1.29, 1.82) is 0 Å². The summed E-state index contributed by atoms with van der Waals surface area (Å²) in [5, 5.41) is 3.26. The fourth-order valence-electron chi connectivity index (χ4n) is 4.53. The third kappa shape index (κ3) is 3.03. The predicted molar refractivity (Wildman–Crippen MR) is 86.6 cm³/mol. The summed E-state index contributed by atoms with van der Waals surface area (Å²) in [6, 6.07) is 0.0659. The van der Waals surface area contributed by atoms with Gasteiger partial charge in [0, 0.05) is 32.0 Å². The van der Waals surface area contributed by atoms with Crippen molar-refractivity contribution in [2.75, 3.05) is 6.61 Å². The number of carbonyl (C=O) groups excluding carboxylic acids is 1. The summed E-state index contributed by atoms with van der Waals surface area (Å²) in [7, 11) is 1.98. The van der Waals surface area contributed by atoms with E-state index in [2.05, 4.69) is 10.3 Å². The summed E-state index contributed by atoms with van der Waals surface area (Å²) in [6.45, 7) is 0.694. The van der Waals surface area contributed by atoms with Gasteiger partial charge >= 0.3 is 0 Å². The maximum absolute atomic E-state index is 12.6. The zero-order chi connectivity index (χ0) is 15.8. The number of hydrogen-bond acceptors (Lipinski definition) is 3. The van der Waals surface area contributed by atoms with Crippen molar-refractivity contribution in [3.05, 3.63) is 18.2 Å². The lowest BCUT2D eigenvalue weighted by Gasteiger charge is -2.22. The Morgan fingerprint density at radius 3 is 2.87 bits per heavy atom. The minimum atomic E-state index is -0.106. The molecule has 0 spiro atoms. The van der Waals surface area contributed by atoms with Gasteiger partial charge in [-0.3, -0.25) is 4.79 Å². The van der Waals surface area contributed by atoms with Crippen LogP contribution in [0.1, 0.15) is 56.9 Å². The first kappa shape index (κ1) is 15.2. The minimum Gasteiger partial charge on any atom is -0.368 e. The van der Waals surface area contributed by atoms with Crippen molar-refractivity contribution in [3.8, 4) is 0 Å². The Hall–Kier alpha value is -1.36. The molecule has 1 aromatic rings. The van der Waals surface area contributed by atoms with E-state index in [0.29, 0.717) is 12.5 Å². The lowest BCUT2D eigenvalue weighted by molar-refractivity contribution is -0.124. The van der Waals surface area contributed by atoms with Gasteiger partial charge in [0.05, 0.1) is 6.04 Å². The van der Waals surface area contributed by atoms with Crippen LogP contribution in [0.3, 0.4) is 0 Å². The molecule has 1 aromatic heterocycles. The minimum absolute atomic E-state index is 0.0659. The second-order valence-corrected chi connectivity index (χ2v) is 7.50. The lowest BCUT2D eigenvalue weighted by atomic mass is 9.85. The number of amides is 1. The normalized spacial score (nSPS) is 34.5. The molecule has 4 atom stereocenters. The van der Waals surface area contributed by atoms with E-state index in [9.17, 15) is 4.79 Å². The molecule has 0 unspecified atom stereocenters. The van der Waals surface area contributed by atoms with Crippen LogP contribution in [0.5, 0.6) is 0 Å². The number of imidazole rings is 1. The highest BCUT2D eigenvalue weighted by atomic mass is 16.5. The first-order valence-electron chi connectivity index (χ1n) is 9.13. The molecule has 1 saturated heterocycles. The van der Waals surface area contributed by atoms with Crippen LogP contribution in [0.15, 0.2) is 12.4 Å². The summed E-state index contributed by atoms with van der Waals surface area (Å²) in [4.78, 5) is 17.0. The van der Waals surface area contributed by atoms with Crippen molar-refractivity contribution >= 4 is 5.91 Å². The fourth-order valence-corrected chi connectivity index (χ4v) is 4.53. The van der Waals surface area contributed by atoms with E-state index in [-0.39, 0.29) is 24.0 Å². The zero-order valence-electron chi connectivity index (χ0n) is 13.9. The van der Waals surface area contributed by atoms with Gasteiger partial charge in [-0.05, 0) is 24.7 Å². The standard InChI is InChI=1S/C18H27N3O2/c1-21-9-8-19-17(21)16-15(7-10-23-16)20-18(22)14-11-13(14)12-5-3-2-4-6-12/h8-9,12-16H,2-7,10-11H2,1H3,(H,20,22)/t13-,14-,15+,16+/m1/s1. The van der Waals surface area contributed by atoms with Crippen LogP contribution in [-0.4, -0.2) is 28.1 Å². The molecular formula is C18H27N3O2. The van der Waals surface area contributed by atoms with E-state index >= 15 is 0 Å². The first-order valence-corrected chi connectivity index (χ1v) is 9.13. The van der Waals surface area contributed by atoms with Gasteiger partial charge in [-0.2, -0.15) is 0 Å². The number of hydrogen-bond donors (Lipinski definition) is 1. The Balaban J connectivity index is 1.35. The van der Waals surface area contributed by atoms with E-state index in [0.717, 1.165) is 24.6 Å². The van der Waals surface area contributed by atoms with Crippen molar-refractivity contribution in [2.45, 2.75) is 57.1 Å². The van der Waals surface area contributed by atoms with Crippen molar-refractivity contribution < 1.29 is 9.53 Å². The summed E-state index contributed by atoms with van der Waals surface area (Å²) in [5.41, 5.74) is 0. The van der Waals surface area contributed by atoms with Gasteiger partial charge in [-0.15, -0.1) is 0 Å². The molecule has 0 bridgehead atoms. The number of ether oxygens (including phenoxy) is 1. The molecule has 2 aliphatic carbocycles. The first-order chi connectivity index (χ1) is 11.2. The third-order valence-corrected chi connectivity index (χ3v) is 5.96. The average Bonchev–Trinajstić information content (AvgIpc) is 3.08. The van der Waals surface area contributed by atoms with E-state index in [1.807, 2.05) is 17.8 Å². The molecule has 23 heavy (non-hydrogen) atoms. The summed E-state index contributed by atoms with van der Waals surface area (Å²) in [6.07, 6.45) is 12.3. The molecule has 126 valence electrons. The molecule has 5 nitrogen and oxygen atoms in total. The summed E-state index contributed by atoms with van der Waals surface area (Å²) in [5.74, 6) is 2.84. The van der Waals surface area contributed by atoms with Crippen molar-refractivity contribution in [2.24, 2.45) is 24.8 Å². The van der Waals surface area contributed by atoms with Gasteiger partial charge in [0.15, 0.2) is 0 Å². The van der Waals surface area contributed by atoms with Crippen LogP contribution < -0.4 is 5.32 Å². The van der Waals surface area contributed by atoms with E-state index in [4.69, 9.17) is 4.74 Å². The van der Waals surface area contributed by atoms with Crippen LogP contribution in [0, 0.1) is 17.8 Å². The van der Waals surface area contributed by atoms with Gasteiger partial charge < -0.3 is 14.6 Å². The molecular weight excluding hydrogens is 290 g/mol. The Morgan fingerprint density at radius 1 is 1.30 bits per heavy atom. The Morgan fingerprint density at radius 2 is 2.13 bits per heavy atom. The van der Waals surface area contributed by atoms with Gasteiger partial charge in [-0.1, -0.05) is 32.1 Å². The van der Waals surface area contributed by atoms with Gasteiger partial charge in [-0.25, -0.2) is 4.98 Å². The van der Waals surface area contributed by atoms with Crippen molar-refractivity contribution in [3.63, 3.8) is 0 Å². The van der Waals surface area contributed by atoms with E-state index in [1.165, 1.54) is 32.1 Å². The molecule has 1 N–H and O–H groups in total. The monoisotopic (exact) mass is 317 g/mol. The topological polar surface area (TPSA) is 56.1 Å². The van der Waals surface area contributed by atoms with Crippen LogP contribution in [0.2, 0.25) is 0 Å². The number of nitrogens with zero attached hydrogens (tertiary/aromatic N) is 2. The highest BCUT2D eigenvalue weighted by Crippen LogP contribution is 2.49. The number of aryl methyl sites for hydroxylation is 1. The van der Waals surface area contributed by atoms with Gasteiger partial charge in [0.2, 0.25) is 5.91 Å². The second kappa shape index (κ2) is 6.27. The fraction of sp³-hybridized carbons (Fsp3) is 0.778. The predicted octanol–water partition coefficient (Wildman–Crippen LogP) is 2.58. The van der Waals surface area contributed by atoms with Crippen LogP contribution >= 0.6 is 0 Å². The maximum Gasteiger partial charge on any atom is 0.223 e. The molecule has 2 heterocycles. The maximum atomic E-state index is 12.6. The summed E-state index contributed by atoms with van der Waals surface area (Å²) < 4.78 is 7.82. The third-order valence-electron chi connectivity index (χ3n) is 5.96. The molecule has 0 aromatic carbocycles. The van der Waals surface area contributed by atoms with Crippen LogP contribution in [0.25, 0.3) is 0 Å². The largest absolute Gasteiger partial charge is 0.368 e. The molecule has 3 aliphatic rings. The van der Waals surface area contributed by atoms with Gasteiger partial charge in [0.25, 0.3) is 0 Å². The Bertz CT molecular complexity index is 564. The van der Waals surface area contributed by atoms with Crippen LogP contribution in [-0.2, 0) is 16.6 Å². The Kier molecular flexibility index (Phi) is 4.14. The molecule has 3 fully saturated rings. The number of nitrogens with one attached hydrogen (secondary N) is 1. The number of aromatic nitrogens is 2. The zero-order valence-corrected chi connectivity index (χ0v) is 13.9. The molecule has 1 aliphatic heterocycles. The highest BCUT2D eigenvalue weighted by Gasteiger charge is 2.48. The lowest BCUT2D eigenvalue weighted by Crippen LogP contribution is -2.39. The smallest absolute Gasteiger partial charge is 0.223 e. The highest BCUT2D eigenvalue weighted by molar-refractivity contribution is 5.82. The average molecular weight is 317 g/mol. The summed E-state index contributed by atoms with van der Waals surface area (Å²) >= 11 is 0. The van der Waals surface area contributed by atoms with E-state index < -0.39 is 0 Å². The SMILES string of the molecule is Cn1ccnc1[C@H]1OCC[C@@H]1NC(=O)[C@@H]1C[C@@H]1C1CCCCC1. The molecule has 1 amide bonds. The molecule has 5 heteroatoms. The van der Waals surface area contributed by atoms with Crippen molar-refractivity contribution in [1.82, 2.24) is 14.9 Å². The molecule has 0 radical (unpaired) electrons. The quantitative estimate of drug-likeness (QED) is 0.928. The molecule has 4 rings (SSSR count). The number of rotatable bonds is 4. The Labute approximate surface area is 137 Å². The molecule has 2 saturated carbocycles. The second-order valence-electron chi connectivity index (χ2n) is 7.50.